The number of hydrogen-bond acceptors (Lipinski definition) is 4. The van der Waals surface area contributed by atoms with Gasteiger partial charge in [0, 0.05) is 6.07 Å². The maximum absolute atomic E-state index is 13.0. The monoisotopic (exact) mass is 278 g/mol. The largest absolute Gasteiger partial charge is 0.459 e. The summed E-state index contributed by atoms with van der Waals surface area (Å²) < 4.78 is 19.3. The summed E-state index contributed by atoms with van der Waals surface area (Å²) in [6.07, 6.45) is 1.22. The molecule has 0 bridgehead atoms. The maximum atomic E-state index is 13.0. The lowest BCUT2D eigenvalue weighted by atomic mass is 10.2. The van der Waals surface area contributed by atoms with Crippen LogP contribution in [-0.2, 0) is 16.1 Å². The Labute approximate surface area is 115 Å². The van der Waals surface area contributed by atoms with Crippen molar-refractivity contribution in [1.82, 2.24) is 9.55 Å². The molecule has 0 radical (unpaired) electrons. The average molecular weight is 278 g/mol. The Balaban J connectivity index is 2.32. The molecule has 0 saturated carbocycles. The topological polar surface area (TPSA) is 61.2 Å². The van der Waals surface area contributed by atoms with Crippen LogP contribution in [0.3, 0.4) is 0 Å². The van der Waals surface area contributed by atoms with E-state index in [2.05, 4.69) is 4.98 Å². The number of halogens is 1. The van der Waals surface area contributed by atoms with E-state index in [1.54, 1.807) is 20.8 Å². The van der Waals surface area contributed by atoms with E-state index in [9.17, 15) is 14.0 Å². The van der Waals surface area contributed by atoms with E-state index >= 15 is 0 Å². The predicted octanol–water partition coefficient (Wildman–Crippen LogP) is 1.88. The second-order valence-corrected chi connectivity index (χ2v) is 5.43. The number of benzene rings is 1. The molecule has 1 aromatic heterocycles. The molecule has 0 atom stereocenters. The lowest BCUT2D eigenvalue weighted by molar-refractivity contribution is -0.155. The van der Waals surface area contributed by atoms with Crippen molar-refractivity contribution in [1.29, 1.82) is 0 Å². The van der Waals surface area contributed by atoms with Gasteiger partial charge in [0.05, 0.1) is 17.2 Å². The summed E-state index contributed by atoms with van der Waals surface area (Å²) in [5.41, 5.74) is -0.759. The molecule has 5 nitrogen and oxygen atoms in total. The highest BCUT2D eigenvalue weighted by Gasteiger charge is 2.17. The number of hydrogen-bond donors (Lipinski definition) is 0. The van der Waals surface area contributed by atoms with E-state index in [-0.39, 0.29) is 17.4 Å². The van der Waals surface area contributed by atoms with Gasteiger partial charge in [-0.1, -0.05) is 0 Å². The number of carbonyl (C=O) groups excluding carboxylic acids is 1. The third kappa shape index (κ3) is 3.20. The number of fused-ring (bicyclic) bond motifs is 1. The summed E-state index contributed by atoms with van der Waals surface area (Å²) in [6, 6.07) is 3.71. The number of nitrogens with zero attached hydrogens (tertiary/aromatic N) is 2. The molecule has 2 aromatic rings. The highest BCUT2D eigenvalue weighted by molar-refractivity contribution is 5.77. The quantitative estimate of drug-likeness (QED) is 0.787. The van der Waals surface area contributed by atoms with Crippen molar-refractivity contribution < 1.29 is 13.9 Å². The van der Waals surface area contributed by atoms with Crippen molar-refractivity contribution in [2.24, 2.45) is 0 Å². The molecule has 2 rings (SSSR count). The molecule has 20 heavy (non-hydrogen) atoms. The van der Waals surface area contributed by atoms with E-state index in [4.69, 9.17) is 4.74 Å². The van der Waals surface area contributed by atoms with Crippen molar-refractivity contribution in [2.45, 2.75) is 32.9 Å². The molecular formula is C14H15FN2O3. The first-order valence-electron chi connectivity index (χ1n) is 6.13. The van der Waals surface area contributed by atoms with Crippen LogP contribution < -0.4 is 5.56 Å². The zero-order valence-electron chi connectivity index (χ0n) is 11.5. The van der Waals surface area contributed by atoms with Gasteiger partial charge in [0.15, 0.2) is 0 Å². The zero-order chi connectivity index (χ0) is 14.9. The molecule has 0 aliphatic heterocycles. The molecule has 0 aliphatic carbocycles. The molecule has 1 aromatic carbocycles. The van der Waals surface area contributed by atoms with Crippen LogP contribution in [0.1, 0.15) is 20.8 Å². The van der Waals surface area contributed by atoms with Crippen LogP contribution in [-0.4, -0.2) is 21.1 Å². The fourth-order valence-electron chi connectivity index (χ4n) is 1.76. The first-order valence-corrected chi connectivity index (χ1v) is 6.13. The normalized spacial score (nSPS) is 11.6. The smallest absolute Gasteiger partial charge is 0.326 e. The Morgan fingerprint density at radius 2 is 2.10 bits per heavy atom. The molecule has 6 heteroatoms. The van der Waals surface area contributed by atoms with Crippen LogP contribution in [0.4, 0.5) is 4.39 Å². The number of aromatic nitrogens is 2. The number of carbonyl (C=O) groups is 1. The van der Waals surface area contributed by atoms with Gasteiger partial charge in [-0.3, -0.25) is 14.2 Å². The number of esters is 1. The van der Waals surface area contributed by atoms with Gasteiger partial charge in [0.2, 0.25) is 0 Å². The highest BCUT2D eigenvalue weighted by atomic mass is 19.1. The van der Waals surface area contributed by atoms with Crippen molar-refractivity contribution >= 4 is 16.9 Å². The van der Waals surface area contributed by atoms with Gasteiger partial charge in [-0.25, -0.2) is 9.37 Å². The molecule has 0 aliphatic rings. The predicted molar refractivity (Wildman–Crippen MR) is 71.8 cm³/mol. The van der Waals surface area contributed by atoms with E-state index in [1.165, 1.54) is 24.5 Å². The van der Waals surface area contributed by atoms with Crippen LogP contribution in [0.5, 0.6) is 0 Å². The Kier molecular flexibility index (Phi) is 3.57. The highest BCUT2D eigenvalue weighted by Crippen LogP contribution is 2.10. The Bertz CT molecular complexity index is 716. The molecule has 0 fully saturated rings. The van der Waals surface area contributed by atoms with Gasteiger partial charge in [-0.15, -0.1) is 0 Å². The summed E-state index contributed by atoms with van der Waals surface area (Å²) in [6.45, 7) is 5.01. The van der Waals surface area contributed by atoms with Crippen molar-refractivity contribution in [3.63, 3.8) is 0 Å². The third-order valence-electron chi connectivity index (χ3n) is 2.51. The van der Waals surface area contributed by atoms with E-state index in [1.807, 2.05) is 0 Å². The number of ether oxygens (including phenoxy) is 1. The summed E-state index contributed by atoms with van der Waals surface area (Å²) in [5.74, 6) is -0.989. The second kappa shape index (κ2) is 5.03. The molecule has 0 amide bonds. The lowest BCUT2D eigenvalue weighted by Crippen LogP contribution is -2.30. The summed E-state index contributed by atoms with van der Waals surface area (Å²) in [5, 5.41) is 0.262. The van der Waals surface area contributed by atoms with Crippen molar-refractivity contribution in [3.8, 4) is 0 Å². The first kappa shape index (κ1) is 14.2. The van der Waals surface area contributed by atoms with Crippen LogP contribution in [0.2, 0.25) is 0 Å². The summed E-state index contributed by atoms with van der Waals surface area (Å²) in [7, 11) is 0. The van der Waals surface area contributed by atoms with Gasteiger partial charge in [-0.05, 0) is 32.9 Å². The fourth-order valence-corrected chi connectivity index (χ4v) is 1.76. The minimum Gasteiger partial charge on any atom is -0.459 e. The third-order valence-corrected chi connectivity index (χ3v) is 2.51. The van der Waals surface area contributed by atoms with E-state index < -0.39 is 22.9 Å². The molecule has 106 valence electrons. The van der Waals surface area contributed by atoms with Gasteiger partial charge in [0.25, 0.3) is 5.56 Å². The van der Waals surface area contributed by atoms with Gasteiger partial charge < -0.3 is 4.74 Å². The van der Waals surface area contributed by atoms with Crippen LogP contribution >= 0.6 is 0 Å². The number of rotatable bonds is 2. The Hall–Kier alpha value is -2.24. The molecule has 0 saturated heterocycles. The zero-order valence-corrected chi connectivity index (χ0v) is 11.5. The molecular weight excluding hydrogens is 263 g/mol. The van der Waals surface area contributed by atoms with Gasteiger partial charge in [0.1, 0.15) is 18.0 Å². The molecule has 0 N–H and O–H groups in total. The molecule has 0 spiro atoms. The first-order chi connectivity index (χ1) is 9.26. The van der Waals surface area contributed by atoms with Crippen molar-refractivity contribution in [2.75, 3.05) is 0 Å². The fraction of sp³-hybridized carbons (Fsp3) is 0.357. The minimum absolute atomic E-state index is 0.226. The standard InChI is InChI=1S/C14H15FN2O3/c1-14(2,3)20-12(18)7-17-8-16-11-6-9(15)4-5-10(11)13(17)19/h4-6,8H,7H2,1-3H3. The second-order valence-electron chi connectivity index (χ2n) is 5.43. The van der Waals surface area contributed by atoms with E-state index in [0.29, 0.717) is 0 Å². The maximum Gasteiger partial charge on any atom is 0.326 e. The summed E-state index contributed by atoms with van der Waals surface area (Å²) in [4.78, 5) is 27.8. The SMILES string of the molecule is CC(C)(C)OC(=O)Cn1cnc2cc(F)ccc2c1=O. The average Bonchev–Trinajstić information content (AvgIpc) is 2.30. The Morgan fingerprint density at radius 1 is 1.40 bits per heavy atom. The van der Waals surface area contributed by atoms with Gasteiger partial charge in [-0.2, -0.15) is 0 Å². The lowest BCUT2D eigenvalue weighted by Gasteiger charge is -2.19. The van der Waals surface area contributed by atoms with Crippen LogP contribution in [0, 0.1) is 5.82 Å². The molecule has 1 heterocycles. The van der Waals surface area contributed by atoms with Crippen LogP contribution in [0.15, 0.2) is 29.3 Å². The van der Waals surface area contributed by atoms with Crippen LogP contribution in [0.25, 0.3) is 10.9 Å². The molecule has 0 unspecified atom stereocenters. The minimum atomic E-state index is -0.617. The van der Waals surface area contributed by atoms with Gasteiger partial charge >= 0.3 is 5.97 Å². The van der Waals surface area contributed by atoms with Crippen molar-refractivity contribution in [3.05, 3.63) is 40.7 Å². The summed E-state index contributed by atoms with van der Waals surface area (Å²) >= 11 is 0. The Morgan fingerprint density at radius 3 is 2.75 bits per heavy atom. The van der Waals surface area contributed by atoms with E-state index in [0.717, 1.165) is 4.57 Å².